The average molecular weight is 542 g/mol. The molecule has 2 saturated heterocycles. The predicted octanol–water partition coefficient (Wildman–Crippen LogP) is 5.17. The van der Waals surface area contributed by atoms with Crippen molar-refractivity contribution in [2.24, 2.45) is 0 Å². The largest absolute Gasteiger partial charge is 0.457 e. The van der Waals surface area contributed by atoms with Gasteiger partial charge < -0.3 is 30.1 Å². The second-order valence-electron chi connectivity index (χ2n) is 10.3. The molecular weight excluding hydrogens is 506 g/mol. The van der Waals surface area contributed by atoms with Crippen molar-refractivity contribution < 1.29 is 19.1 Å². The fourth-order valence-electron chi connectivity index (χ4n) is 5.39. The van der Waals surface area contributed by atoms with Crippen LogP contribution in [0.5, 0.6) is 11.5 Å². The maximum absolute atomic E-state index is 13.1. The van der Waals surface area contributed by atoms with Gasteiger partial charge in [-0.15, -0.1) is 0 Å². The number of rotatable bonds is 7. The standard InChI is InChI=1S/C31H35N5O4/c1-22(37)36-19-6-9-29(36)30(38)34(2)26-18-20-35(21-26)25-14-10-23(11-15-25)32-31(39)33-24-12-16-28(17-13-24)40-27-7-4-3-5-8-27/h3-5,7-8,10-17,26,29H,6,9,18-21H2,1-2H3,(H2,32,33,39). The van der Waals surface area contributed by atoms with E-state index >= 15 is 0 Å². The van der Waals surface area contributed by atoms with Gasteiger partial charge in [-0.1, -0.05) is 18.2 Å². The van der Waals surface area contributed by atoms with Crippen molar-refractivity contribution in [1.82, 2.24) is 9.80 Å². The van der Waals surface area contributed by atoms with E-state index in [9.17, 15) is 14.4 Å². The number of hydrogen-bond acceptors (Lipinski definition) is 5. The molecule has 0 bridgehead atoms. The number of hydrogen-bond donors (Lipinski definition) is 2. The molecule has 0 spiro atoms. The van der Waals surface area contributed by atoms with Gasteiger partial charge in [-0.25, -0.2) is 4.79 Å². The molecule has 9 heteroatoms. The van der Waals surface area contributed by atoms with Crippen molar-refractivity contribution in [2.45, 2.75) is 38.3 Å². The third kappa shape index (κ3) is 6.36. The SMILES string of the molecule is CC(=O)N1CCCC1C(=O)N(C)C1CCN(c2ccc(NC(=O)Nc3ccc(Oc4ccccc4)cc3)cc2)C1. The summed E-state index contributed by atoms with van der Waals surface area (Å²) in [7, 11) is 1.85. The molecule has 2 unspecified atom stereocenters. The zero-order valence-corrected chi connectivity index (χ0v) is 22.9. The molecule has 0 aliphatic carbocycles. The molecular formula is C31H35N5O4. The van der Waals surface area contributed by atoms with E-state index in [2.05, 4.69) is 15.5 Å². The molecule has 3 aromatic rings. The molecule has 2 N–H and O–H groups in total. The van der Waals surface area contributed by atoms with Gasteiger partial charge in [-0.2, -0.15) is 0 Å². The summed E-state index contributed by atoms with van der Waals surface area (Å²) in [6.07, 6.45) is 2.47. The molecule has 0 saturated carbocycles. The molecule has 0 aromatic heterocycles. The van der Waals surface area contributed by atoms with E-state index in [0.29, 0.717) is 23.7 Å². The number of benzene rings is 3. The Balaban J connectivity index is 1.10. The molecule has 2 aliphatic rings. The van der Waals surface area contributed by atoms with Crippen LogP contribution in [-0.4, -0.2) is 66.4 Å². The summed E-state index contributed by atoms with van der Waals surface area (Å²) in [6, 6.07) is 23.8. The van der Waals surface area contributed by atoms with Crippen LogP contribution in [0.4, 0.5) is 21.9 Å². The van der Waals surface area contributed by atoms with Crippen molar-refractivity contribution in [3.63, 3.8) is 0 Å². The van der Waals surface area contributed by atoms with Crippen LogP contribution in [0.15, 0.2) is 78.9 Å². The molecule has 4 amide bonds. The van der Waals surface area contributed by atoms with Crippen LogP contribution in [-0.2, 0) is 9.59 Å². The minimum Gasteiger partial charge on any atom is -0.457 e. The fourth-order valence-corrected chi connectivity index (χ4v) is 5.39. The summed E-state index contributed by atoms with van der Waals surface area (Å²) in [5.74, 6) is 1.43. The summed E-state index contributed by atoms with van der Waals surface area (Å²) in [4.78, 5) is 43.3. The maximum atomic E-state index is 13.1. The summed E-state index contributed by atoms with van der Waals surface area (Å²) < 4.78 is 5.79. The number of urea groups is 1. The molecule has 9 nitrogen and oxygen atoms in total. The normalized spacial score (nSPS) is 18.4. The second-order valence-corrected chi connectivity index (χ2v) is 10.3. The number of amides is 4. The first kappa shape index (κ1) is 27.1. The first-order chi connectivity index (χ1) is 19.4. The Bertz CT molecular complexity index is 1330. The Labute approximate surface area is 234 Å². The number of likely N-dealkylation sites (tertiary alicyclic amines) is 1. The monoisotopic (exact) mass is 541 g/mol. The number of carbonyl (C=O) groups excluding carboxylic acids is 3. The van der Waals surface area contributed by atoms with Gasteiger partial charge in [0.2, 0.25) is 11.8 Å². The van der Waals surface area contributed by atoms with Crippen LogP contribution >= 0.6 is 0 Å². The van der Waals surface area contributed by atoms with Crippen molar-refractivity contribution in [3.8, 4) is 11.5 Å². The van der Waals surface area contributed by atoms with Crippen molar-refractivity contribution in [2.75, 3.05) is 42.2 Å². The first-order valence-corrected chi connectivity index (χ1v) is 13.7. The molecule has 208 valence electrons. The molecule has 0 radical (unpaired) electrons. The lowest BCUT2D eigenvalue weighted by atomic mass is 10.1. The van der Waals surface area contributed by atoms with E-state index in [-0.39, 0.29) is 29.9 Å². The highest BCUT2D eigenvalue weighted by atomic mass is 16.5. The molecule has 2 atom stereocenters. The first-order valence-electron chi connectivity index (χ1n) is 13.7. The minimum atomic E-state index is -0.339. The van der Waals surface area contributed by atoms with Crippen molar-refractivity contribution in [1.29, 1.82) is 0 Å². The van der Waals surface area contributed by atoms with Gasteiger partial charge in [-0.3, -0.25) is 9.59 Å². The van der Waals surface area contributed by atoms with Crippen molar-refractivity contribution >= 4 is 34.9 Å². The van der Waals surface area contributed by atoms with Gasteiger partial charge in [0, 0.05) is 50.7 Å². The Morgan fingerprint density at radius 2 is 1.45 bits per heavy atom. The molecule has 2 fully saturated rings. The molecule has 2 aliphatic heterocycles. The van der Waals surface area contributed by atoms with Gasteiger partial charge in [0.05, 0.1) is 6.04 Å². The number of likely N-dealkylation sites (N-methyl/N-ethyl adjacent to an activating group) is 1. The van der Waals surface area contributed by atoms with E-state index in [1.807, 2.05) is 66.5 Å². The lowest BCUT2D eigenvalue weighted by Crippen LogP contribution is -2.49. The molecule has 5 rings (SSSR count). The second kappa shape index (κ2) is 12.1. The van der Waals surface area contributed by atoms with Crippen molar-refractivity contribution in [3.05, 3.63) is 78.9 Å². The highest BCUT2D eigenvalue weighted by Crippen LogP contribution is 2.27. The summed E-state index contributed by atoms with van der Waals surface area (Å²) in [5.41, 5.74) is 2.37. The summed E-state index contributed by atoms with van der Waals surface area (Å²) in [6.45, 7) is 3.75. The number of carbonyl (C=O) groups is 3. The van der Waals surface area contributed by atoms with Gasteiger partial charge in [0.1, 0.15) is 17.5 Å². The fraction of sp³-hybridized carbons (Fsp3) is 0.323. The average Bonchev–Trinajstić information content (AvgIpc) is 3.65. The zero-order valence-electron chi connectivity index (χ0n) is 22.9. The highest BCUT2D eigenvalue weighted by Gasteiger charge is 2.37. The van der Waals surface area contributed by atoms with E-state index in [1.165, 1.54) is 6.92 Å². The number of nitrogens with one attached hydrogen (secondary N) is 2. The zero-order chi connectivity index (χ0) is 28.1. The van der Waals surface area contributed by atoms with Crippen LogP contribution in [0.25, 0.3) is 0 Å². The van der Waals surface area contributed by atoms with Crippen LogP contribution in [0.1, 0.15) is 26.2 Å². The molecule has 3 aromatic carbocycles. The Hall–Kier alpha value is -4.53. The lowest BCUT2D eigenvalue weighted by Gasteiger charge is -2.31. The molecule has 40 heavy (non-hydrogen) atoms. The lowest BCUT2D eigenvalue weighted by molar-refractivity contribution is -0.143. The maximum Gasteiger partial charge on any atom is 0.323 e. The third-order valence-corrected chi connectivity index (χ3v) is 7.58. The van der Waals surface area contributed by atoms with Crippen LogP contribution < -0.4 is 20.3 Å². The van der Waals surface area contributed by atoms with Gasteiger partial charge >= 0.3 is 6.03 Å². The topological polar surface area (TPSA) is 94.2 Å². The Kier molecular flexibility index (Phi) is 8.19. The van der Waals surface area contributed by atoms with Gasteiger partial charge in [-0.05, 0) is 79.9 Å². The quantitative estimate of drug-likeness (QED) is 0.430. The van der Waals surface area contributed by atoms with Crippen LogP contribution in [0.2, 0.25) is 0 Å². The number of nitrogens with zero attached hydrogens (tertiary/aromatic N) is 3. The van der Waals surface area contributed by atoms with E-state index in [1.54, 1.807) is 29.2 Å². The smallest absolute Gasteiger partial charge is 0.323 e. The minimum absolute atomic E-state index is 0.0310. The van der Waals surface area contributed by atoms with Gasteiger partial charge in [0.25, 0.3) is 0 Å². The number of para-hydroxylation sites is 1. The summed E-state index contributed by atoms with van der Waals surface area (Å²) >= 11 is 0. The van der Waals surface area contributed by atoms with Crippen LogP contribution in [0, 0.1) is 0 Å². The van der Waals surface area contributed by atoms with Gasteiger partial charge in [0.15, 0.2) is 0 Å². The molecule has 2 heterocycles. The highest BCUT2D eigenvalue weighted by molar-refractivity contribution is 5.99. The number of ether oxygens (including phenoxy) is 1. The van der Waals surface area contributed by atoms with E-state index < -0.39 is 0 Å². The predicted molar refractivity (Wildman–Crippen MR) is 156 cm³/mol. The third-order valence-electron chi connectivity index (χ3n) is 7.58. The number of anilines is 3. The Morgan fingerprint density at radius 3 is 2.10 bits per heavy atom. The Morgan fingerprint density at radius 1 is 0.825 bits per heavy atom. The summed E-state index contributed by atoms with van der Waals surface area (Å²) in [5, 5.41) is 5.70. The van der Waals surface area contributed by atoms with E-state index in [0.717, 1.165) is 43.8 Å². The van der Waals surface area contributed by atoms with Crippen LogP contribution in [0.3, 0.4) is 0 Å². The van der Waals surface area contributed by atoms with E-state index in [4.69, 9.17) is 4.74 Å².